The van der Waals surface area contributed by atoms with Crippen molar-refractivity contribution < 1.29 is 19.7 Å². The van der Waals surface area contributed by atoms with Gasteiger partial charge < -0.3 is 25.4 Å². The normalized spacial score (nSPS) is 14.2. The van der Waals surface area contributed by atoms with E-state index in [1.807, 2.05) is 0 Å². The Labute approximate surface area is 101 Å². The Hall–Kier alpha value is -1.30. The van der Waals surface area contributed by atoms with Crippen LogP contribution < -0.4 is 15.2 Å². The molecule has 0 amide bonds. The number of aliphatic hydroxyl groups is 2. The van der Waals surface area contributed by atoms with Gasteiger partial charge in [-0.15, -0.1) is 0 Å². The molecule has 5 heteroatoms. The van der Waals surface area contributed by atoms with E-state index in [0.29, 0.717) is 23.5 Å². The number of aliphatic hydroxyl groups excluding tert-OH is 2. The first-order valence-corrected chi connectivity index (χ1v) is 5.38. The van der Waals surface area contributed by atoms with Crippen LogP contribution in [-0.2, 0) is 0 Å². The highest BCUT2D eigenvalue weighted by Gasteiger charge is 2.14. The molecule has 0 aromatic heterocycles. The standard InChI is InChI=1S/C12H19NO4/c1-16-11-4-3-8(5-12(11)17-2)10(15)6-9(13)7-14/h3-5,9-10,14-15H,6-7,13H2,1-2H3/t9-,10-/m1/s1. The van der Waals surface area contributed by atoms with E-state index < -0.39 is 12.1 Å². The molecule has 0 heterocycles. The van der Waals surface area contributed by atoms with Crippen LogP contribution in [0.1, 0.15) is 18.1 Å². The molecule has 0 fully saturated rings. The number of methoxy groups -OCH3 is 2. The molecule has 0 aliphatic rings. The van der Waals surface area contributed by atoms with Crippen LogP contribution in [-0.4, -0.2) is 37.1 Å². The molecule has 1 aromatic rings. The zero-order chi connectivity index (χ0) is 12.8. The lowest BCUT2D eigenvalue weighted by atomic mass is 10.0. The smallest absolute Gasteiger partial charge is 0.161 e. The maximum absolute atomic E-state index is 9.92. The van der Waals surface area contributed by atoms with Crippen LogP contribution in [0.25, 0.3) is 0 Å². The molecule has 4 N–H and O–H groups in total. The van der Waals surface area contributed by atoms with Crippen LogP contribution in [0.5, 0.6) is 11.5 Å². The lowest BCUT2D eigenvalue weighted by molar-refractivity contribution is 0.140. The van der Waals surface area contributed by atoms with Crippen LogP contribution in [0, 0.1) is 0 Å². The minimum absolute atomic E-state index is 0.148. The van der Waals surface area contributed by atoms with Crippen LogP contribution in [0.15, 0.2) is 18.2 Å². The molecule has 0 unspecified atom stereocenters. The number of hydrogen-bond acceptors (Lipinski definition) is 5. The molecule has 0 bridgehead atoms. The van der Waals surface area contributed by atoms with E-state index in [-0.39, 0.29) is 6.61 Å². The number of nitrogens with two attached hydrogens (primary N) is 1. The Balaban J connectivity index is 2.84. The summed E-state index contributed by atoms with van der Waals surface area (Å²) in [6.07, 6.45) is -0.427. The third-order valence-electron chi connectivity index (χ3n) is 2.55. The van der Waals surface area contributed by atoms with Crippen LogP contribution >= 0.6 is 0 Å². The van der Waals surface area contributed by atoms with Crippen molar-refractivity contribution in [1.29, 1.82) is 0 Å². The fourth-order valence-corrected chi connectivity index (χ4v) is 1.56. The zero-order valence-corrected chi connectivity index (χ0v) is 10.1. The molecule has 1 rings (SSSR count). The summed E-state index contributed by atoms with van der Waals surface area (Å²) in [4.78, 5) is 0. The Bertz CT molecular complexity index is 356. The lowest BCUT2D eigenvalue weighted by Crippen LogP contribution is -2.26. The van der Waals surface area contributed by atoms with E-state index in [1.165, 1.54) is 7.11 Å². The van der Waals surface area contributed by atoms with Crippen molar-refractivity contribution in [1.82, 2.24) is 0 Å². The third kappa shape index (κ3) is 3.59. The highest BCUT2D eigenvalue weighted by Crippen LogP contribution is 2.30. The van der Waals surface area contributed by atoms with Crippen LogP contribution in [0.4, 0.5) is 0 Å². The predicted octanol–water partition coefficient (Wildman–Crippen LogP) is 0.447. The van der Waals surface area contributed by atoms with Crippen molar-refractivity contribution in [3.63, 3.8) is 0 Å². The van der Waals surface area contributed by atoms with Gasteiger partial charge in [-0.25, -0.2) is 0 Å². The molecular weight excluding hydrogens is 222 g/mol. The molecule has 0 saturated carbocycles. The van der Waals surface area contributed by atoms with Gasteiger partial charge >= 0.3 is 0 Å². The Morgan fingerprint density at radius 3 is 2.41 bits per heavy atom. The fraction of sp³-hybridized carbons (Fsp3) is 0.500. The van der Waals surface area contributed by atoms with E-state index in [1.54, 1.807) is 25.3 Å². The van der Waals surface area contributed by atoms with E-state index in [4.69, 9.17) is 20.3 Å². The Morgan fingerprint density at radius 1 is 1.24 bits per heavy atom. The van der Waals surface area contributed by atoms with Gasteiger partial charge in [0.15, 0.2) is 11.5 Å². The molecule has 0 saturated heterocycles. The third-order valence-corrected chi connectivity index (χ3v) is 2.55. The Morgan fingerprint density at radius 2 is 1.88 bits per heavy atom. The summed E-state index contributed by atoms with van der Waals surface area (Å²) in [6, 6.07) is 4.74. The minimum atomic E-state index is -0.725. The van der Waals surface area contributed by atoms with Gasteiger partial charge in [-0.05, 0) is 24.1 Å². The minimum Gasteiger partial charge on any atom is -0.493 e. The quantitative estimate of drug-likeness (QED) is 0.673. The SMILES string of the molecule is COc1ccc([C@H](O)C[C@@H](N)CO)cc1OC. The zero-order valence-electron chi connectivity index (χ0n) is 10.1. The molecule has 0 aliphatic carbocycles. The van der Waals surface area contributed by atoms with Crippen molar-refractivity contribution in [3.05, 3.63) is 23.8 Å². The first kappa shape index (κ1) is 13.8. The number of rotatable bonds is 6. The van der Waals surface area contributed by atoms with Crippen molar-refractivity contribution >= 4 is 0 Å². The topological polar surface area (TPSA) is 84.9 Å². The highest BCUT2D eigenvalue weighted by atomic mass is 16.5. The average molecular weight is 241 g/mol. The molecule has 0 radical (unpaired) electrons. The largest absolute Gasteiger partial charge is 0.493 e. The van der Waals surface area contributed by atoms with Gasteiger partial charge in [-0.2, -0.15) is 0 Å². The van der Waals surface area contributed by atoms with Crippen molar-refractivity contribution in [2.45, 2.75) is 18.6 Å². The molecule has 5 nitrogen and oxygen atoms in total. The van der Waals surface area contributed by atoms with Crippen molar-refractivity contribution in [2.24, 2.45) is 5.73 Å². The van der Waals surface area contributed by atoms with Crippen molar-refractivity contribution in [2.75, 3.05) is 20.8 Å². The first-order valence-electron chi connectivity index (χ1n) is 5.38. The lowest BCUT2D eigenvalue weighted by Gasteiger charge is -2.16. The fourth-order valence-electron chi connectivity index (χ4n) is 1.56. The number of benzene rings is 1. The summed E-state index contributed by atoms with van der Waals surface area (Å²) < 4.78 is 10.2. The molecule has 1 aromatic carbocycles. The summed E-state index contributed by atoms with van der Waals surface area (Å²) in [5, 5.41) is 18.8. The maximum Gasteiger partial charge on any atom is 0.161 e. The monoisotopic (exact) mass is 241 g/mol. The summed E-state index contributed by atoms with van der Waals surface area (Å²) in [6.45, 7) is -0.148. The van der Waals surface area contributed by atoms with Gasteiger partial charge in [0.2, 0.25) is 0 Å². The summed E-state index contributed by atoms with van der Waals surface area (Å²) in [7, 11) is 3.09. The van der Waals surface area contributed by atoms with Crippen LogP contribution in [0.2, 0.25) is 0 Å². The first-order chi connectivity index (χ1) is 8.12. The van der Waals surface area contributed by atoms with Gasteiger partial charge in [0.05, 0.1) is 26.9 Å². The van der Waals surface area contributed by atoms with E-state index >= 15 is 0 Å². The van der Waals surface area contributed by atoms with Gasteiger partial charge in [0.25, 0.3) is 0 Å². The second kappa shape index (κ2) is 6.44. The summed E-state index contributed by atoms with van der Waals surface area (Å²) >= 11 is 0. The van der Waals surface area contributed by atoms with E-state index in [9.17, 15) is 5.11 Å². The summed E-state index contributed by atoms with van der Waals surface area (Å²) in [5.41, 5.74) is 6.26. The number of hydrogen-bond donors (Lipinski definition) is 3. The van der Waals surface area contributed by atoms with Gasteiger partial charge in [-0.3, -0.25) is 0 Å². The Kier molecular flexibility index (Phi) is 5.21. The van der Waals surface area contributed by atoms with E-state index in [2.05, 4.69) is 0 Å². The number of ether oxygens (including phenoxy) is 2. The molecular formula is C12H19NO4. The van der Waals surface area contributed by atoms with Gasteiger partial charge in [0, 0.05) is 6.04 Å². The molecule has 2 atom stereocenters. The van der Waals surface area contributed by atoms with Crippen LogP contribution in [0.3, 0.4) is 0 Å². The molecule has 0 spiro atoms. The maximum atomic E-state index is 9.92. The second-order valence-electron chi connectivity index (χ2n) is 3.81. The van der Waals surface area contributed by atoms with Crippen molar-refractivity contribution in [3.8, 4) is 11.5 Å². The molecule has 17 heavy (non-hydrogen) atoms. The second-order valence-corrected chi connectivity index (χ2v) is 3.81. The average Bonchev–Trinajstić information content (AvgIpc) is 2.37. The molecule has 96 valence electrons. The van der Waals surface area contributed by atoms with E-state index in [0.717, 1.165) is 0 Å². The highest BCUT2D eigenvalue weighted by molar-refractivity contribution is 5.43. The predicted molar refractivity (Wildman–Crippen MR) is 64.2 cm³/mol. The molecule has 0 aliphatic heterocycles. The van der Waals surface area contributed by atoms with Gasteiger partial charge in [-0.1, -0.05) is 6.07 Å². The summed E-state index contributed by atoms with van der Waals surface area (Å²) in [5.74, 6) is 1.16. The van der Waals surface area contributed by atoms with Gasteiger partial charge in [0.1, 0.15) is 0 Å².